The molecule has 338 valence electrons. The molecule has 1 aliphatic rings. The van der Waals surface area contributed by atoms with Gasteiger partial charge < -0.3 is 19.3 Å². The van der Waals surface area contributed by atoms with E-state index in [4.69, 9.17) is 9.47 Å². The molecule has 0 atom stereocenters. The minimum absolute atomic E-state index is 0.342. The van der Waals surface area contributed by atoms with Crippen molar-refractivity contribution >= 4 is 77.2 Å². The highest BCUT2D eigenvalue weighted by atomic mass is 16.5. The summed E-state index contributed by atoms with van der Waals surface area (Å²) >= 11 is 0. The third-order valence-corrected chi connectivity index (χ3v) is 14.3. The highest BCUT2D eigenvalue weighted by molar-refractivity contribution is 6.16. The molecule has 13 rings (SSSR count). The highest BCUT2D eigenvalue weighted by Crippen LogP contribution is 2.54. The van der Waals surface area contributed by atoms with Crippen LogP contribution in [0.25, 0.3) is 54.2 Å². The van der Waals surface area contributed by atoms with Crippen LogP contribution in [0.2, 0.25) is 0 Å². The van der Waals surface area contributed by atoms with E-state index in [1.165, 1.54) is 65.3 Å². The van der Waals surface area contributed by atoms with Gasteiger partial charge in [-0.05, 0) is 164 Å². The van der Waals surface area contributed by atoms with E-state index in [-0.39, 0.29) is 5.41 Å². The predicted octanol–water partition coefficient (Wildman–Crippen LogP) is 19.1. The first-order valence-electron chi connectivity index (χ1n) is 24.3. The van der Waals surface area contributed by atoms with Crippen LogP contribution in [0.1, 0.15) is 25.0 Å². The summed E-state index contributed by atoms with van der Waals surface area (Å²) in [5.74, 6) is 3.18. The second-order valence-electron chi connectivity index (χ2n) is 18.9. The summed E-state index contributed by atoms with van der Waals surface area (Å²) in [6, 6.07) is 90.7. The van der Waals surface area contributed by atoms with Crippen molar-refractivity contribution in [2.24, 2.45) is 0 Å². The van der Waals surface area contributed by atoms with Gasteiger partial charge in [-0.3, -0.25) is 0 Å². The second-order valence-corrected chi connectivity index (χ2v) is 18.9. The fraction of sp³-hybridized carbons (Fsp3) is 0.0448. The Labute approximate surface area is 413 Å². The van der Waals surface area contributed by atoms with Gasteiger partial charge in [-0.1, -0.05) is 159 Å². The molecule has 0 saturated carbocycles. The van der Waals surface area contributed by atoms with Crippen LogP contribution in [0.4, 0.5) is 34.1 Å². The monoisotopic (exact) mass is 912 g/mol. The predicted molar refractivity (Wildman–Crippen MR) is 296 cm³/mol. The smallest absolute Gasteiger partial charge is 0.127 e. The Morgan fingerprint density at radius 3 is 1.01 bits per heavy atom. The van der Waals surface area contributed by atoms with Crippen molar-refractivity contribution in [3.63, 3.8) is 0 Å². The maximum Gasteiger partial charge on any atom is 0.127 e. The molecule has 12 aromatic carbocycles. The summed E-state index contributed by atoms with van der Waals surface area (Å²) in [7, 11) is 0. The van der Waals surface area contributed by atoms with Crippen LogP contribution < -0.4 is 19.3 Å². The number of ether oxygens (including phenoxy) is 2. The molecule has 71 heavy (non-hydrogen) atoms. The lowest BCUT2D eigenvalue weighted by molar-refractivity contribution is 0.482. The highest BCUT2D eigenvalue weighted by Gasteiger charge is 2.37. The lowest BCUT2D eigenvalue weighted by Gasteiger charge is -2.30. The van der Waals surface area contributed by atoms with E-state index in [9.17, 15) is 0 Å². The van der Waals surface area contributed by atoms with Crippen LogP contribution in [0.3, 0.4) is 0 Å². The average Bonchev–Trinajstić information content (AvgIpc) is 3.64. The fourth-order valence-corrected chi connectivity index (χ4v) is 10.9. The molecule has 0 unspecified atom stereocenters. The Bertz CT molecular complexity index is 3700. The molecule has 0 spiro atoms. The van der Waals surface area contributed by atoms with Gasteiger partial charge in [0.1, 0.15) is 23.0 Å². The van der Waals surface area contributed by atoms with Crippen molar-refractivity contribution in [1.29, 1.82) is 0 Å². The van der Waals surface area contributed by atoms with Crippen LogP contribution >= 0.6 is 0 Å². The van der Waals surface area contributed by atoms with Crippen molar-refractivity contribution in [3.05, 3.63) is 266 Å². The Morgan fingerprint density at radius 1 is 0.282 bits per heavy atom. The van der Waals surface area contributed by atoms with Gasteiger partial charge in [-0.2, -0.15) is 0 Å². The summed E-state index contributed by atoms with van der Waals surface area (Å²) < 4.78 is 12.6. The van der Waals surface area contributed by atoms with Gasteiger partial charge in [0.05, 0.1) is 11.4 Å². The second kappa shape index (κ2) is 17.1. The van der Waals surface area contributed by atoms with Gasteiger partial charge in [-0.15, -0.1) is 0 Å². The minimum Gasteiger partial charge on any atom is -0.457 e. The quantitative estimate of drug-likeness (QED) is 0.128. The van der Waals surface area contributed by atoms with E-state index < -0.39 is 0 Å². The lowest BCUT2D eigenvalue weighted by Crippen LogP contribution is -2.18. The third-order valence-electron chi connectivity index (χ3n) is 14.3. The maximum atomic E-state index is 6.30. The van der Waals surface area contributed by atoms with E-state index in [0.29, 0.717) is 0 Å². The van der Waals surface area contributed by atoms with Gasteiger partial charge in [0.15, 0.2) is 0 Å². The molecule has 0 aromatic heterocycles. The van der Waals surface area contributed by atoms with Crippen molar-refractivity contribution < 1.29 is 9.47 Å². The Kier molecular flexibility index (Phi) is 10.1. The normalized spacial score (nSPS) is 12.5. The number of nitrogens with zero attached hydrogens (tertiary/aromatic N) is 2. The summed E-state index contributed by atoms with van der Waals surface area (Å²) in [5.41, 5.74) is 11.2. The van der Waals surface area contributed by atoms with E-state index in [1.54, 1.807) is 0 Å². The van der Waals surface area contributed by atoms with E-state index >= 15 is 0 Å². The van der Waals surface area contributed by atoms with Gasteiger partial charge in [-0.25, -0.2) is 0 Å². The molecule has 4 heteroatoms. The number of anilines is 6. The first kappa shape index (κ1) is 42.0. The number of benzene rings is 12. The largest absolute Gasteiger partial charge is 0.457 e. The van der Waals surface area contributed by atoms with Crippen molar-refractivity contribution in [1.82, 2.24) is 0 Å². The summed E-state index contributed by atoms with van der Waals surface area (Å²) in [6.45, 7) is 4.75. The van der Waals surface area contributed by atoms with Gasteiger partial charge >= 0.3 is 0 Å². The summed E-state index contributed by atoms with van der Waals surface area (Å²) in [6.07, 6.45) is 0. The molecular formula is C67H48N2O2. The van der Waals surface area contributed by atoms with Gasteiger partial charge in [0, 0.05) is 38.9 Å². The van der Waals surface area contributed by atoms with Crippen LogP contribution in [0.5, 0.6) is 23.0 Å². The Morgan fingerprint density at radius 2 is 0.606 bits per heavy atom. The zero-order valence-corrected chi connectivity index (χ0v) is 39.5. The number of rotatable bonds is 10. The molecular weight excluding hydrogens is 865 g/mol. The first-order chi connectivity index (χ1) is 34.9. The number of hydrogen-bond acceptors (Lipinski definition) is 4. The summed E-state index contributed by atoms with van der Waals surface area (Å²) in [5, 5.41) is 9.67. The minimum atomic E-state index is -0.342. The van der Waals surface area contributed by atoms with Crippen LogP contribution in [0, 0.1) is 0 Å². The molecule has 0 heterocycles. The molecule has 1 aliphatic carbocycles. The molecule has 0 aliphatic heterocycles. The van der Waals surface area contributed by atoms with E-state index in [1.807, 2.05) is 60.7 Å². The fourth-order valence-electron chi connectivity index (χ4n) is 10.9. The maximum absolute atomic E-state index is 6.30. The average molecular weight is 913 g/mol. The van der Waals surface area contributed by atoms with Crippen LogP contribution in [-0.4, -0.2) is 0 Å². The number of hydrogen-bond donors (Lipinski definition) is 0. The molecule has 0 N–H and O–H groups in total. The standard InChI is InChI=1S/C67H48N2O2/c1-67(2)63-43-49(68(47-29-35-53(36-30-47)70-51-19-5-3-6-20-51)65-41-45-17-9-11-23-55(45)57-25-13-15-27-61(57)65)33-39-59(63)60-40-34-50(44-64(60)67)69(48-31-37-54(38-32-48)71-52-21-7-4-8-22-52)66-42-46-18-10-12-24-56(46)58-26-14-16-28-62(58)66/h3-44H,1-2H3. The van der Waals surface area contributed by atoms with Crippen molar-refractivity contribution in [2.75, 3.05) is 9.80 Å². The number of fused-ring (bicyclic) bond motifs is 9. The van der Waals surface area contributed by atoms with E-state index in [0.717, 1.165) is 57.1 Å². The molecule has 0 bridgehead atoms. The van der Waals surface area contributed by atoms with Crippen molar-refractivity contribution in [3.8, 4) is 34.1 Å². The zero-order chi connectivity index (χ0) is 47.5. The Balaban J connectivity index is 0.943. The first-order valence-corrected chi connectivity index (χ1v) is 24.3. The SMILES string of the molecule is CC1(C)c2cc(N(c3ccc(Oc4ccccc4)cc3)c3cc4ccccc4c4ccccc34)ccc2-c2ccc(N(c3ccc(Oc4ccccc4)cc3)c3cc4ccccc4c4ccccc34)cc21. The van der Waals surface area contributed by atoms with Crippen LogP contribution in [0.15, 0.2) is 255 Å². The topological polar surface area (TPSA) is 24.9 Å². The number of para-hydroxylation sites is 2. The summed E-state index contributed by atoms with van der Waals surface area (Å²) in [4.78, 5) is 4.84. The zero-order valence-electron chi connectivity index (χ0n) is 39.5. The lowest BCUT2D eigenvalue weighted by atomic mass is 9.82. The molecule has 0 fully saturated rings. The molecule has 4 nitrogen and oxygen atoms in total. The third kappa shape index (κ3) is 7.40. The van der Waals surface area contributed by atoms with E-state index in [2.05, 4.69) is 218 Å². The van der Waals surface area contributed by atoms with Gasteiger partial charge in [0.2, 0.25) is 0 Å². The Hall–Kier alpha value is -9.12. The van der Waals surface area contributed by atoms with Crippen LogP contribution in [-0.2, 0) is 5.41 Å². The molecule has 0 radical (unpaired) electrons. The van der Waals surface area contributed by atoms with Gasteiger partial charge in [0.25, 0.3) is 0 Å². The molecule has 0 amide bonds. The molecule has 0 saturated heterocycles. The molecule has 12 aromatic rings. The van der Waals surface area contributed by atoms with Crippen molar-refractivity contribution in [2.45, 2.75) is 19.3 Å².